The molecule has 1 atom stereocenters. The van der Waals surface area contributed by atoms with E-state index in [9.17, 15) is 4.79 Å². The fourth-order valence-corrected chi connectivity index (χ4v) is 2.22. The van der Waals surface area contributed by atoms with Gasteiger partial charge in [0.1, 0.15) is 5.76 Å². The molecule has 18 heavy (non-hydrogen) atoms. The summed E-state index contributed by atoms with van der Waals surface area (Å²) in [7, 11) is 0. The van der Waals surface area contributed by atoms with E-state index in [-0.39, 0.29) is 18.3 Å². The number of nitrogens with one attached hydrogen (secondary N) is 2. The van der Waals surface area contributed by atoms with Crippen LogP contribution in [0.25, 0.3) is 0 Å². The number of furan rings is 1. The molecule has 1 fully saturated rings. The van der Waals surface area contributed by atoms with Crippen molar-refractivity contribution in [3.05, 3.63) is 23.2 Å². The van der Waals surface area contributed by atoms with E-state index in [0.717, 1.165) is 30.7 Å². The molecule has 1 aromatic rings. The van der Waals surface area contributed by atoms with Crippen molar-refractivity contribution in [3.63, 3.8) is 0 Å². The lowest BCUT2D eigenvalue weighted by atomic mass is 10.2. The van der Waals surface area contributed by atoms with E-state index >= 15 is 0 Å². The number of aryl methyl sites for hydroxylation is 2. The third kappa shape index (κ3) is 3.50. The van der Waals surface area contributed by atoms with Gasteiger partial charge in [-0.05, 0) is 37.9 Å². The Hall–Kier alpha value is -1.00. The molecule has 4 nitrogen and oxygen atoms in total. The minimum atomic E-state index is -0.110. The summed E-state index contributed by atoms with van der Waals surface area (Å²) < 4.78 is 5.51. The van der Waals surface area contributed by atoms with Crippen LogP contribution in [0.2, 0.25) is 0 Å². The minimum absolute atomic E-state index is 0. The molecule has 5 heteroatoms. The Bertz CT molecular complexity index is 398. The molecular weight excluding hydrogens is 252 g/mol. The second kappa shape index (κ2) is 6.81. The summed E-state index contributed by atoms with van der Waals surface area (Å²) in [6.45, 7) is 5.73. The fraction of sp³-hybridized carbons (Fsp3) is 0.615. The number of carbonyl (C=O) groups is 1. The molecule has 1 aromatic heterocycles. The minimum Gasteiger partial charge on any atom is -0.456 e. The van der Waals surface area contributed by atoms with Crippen LogP contribution in [-0.2, 0) is 6.42 Å². The number of rotatable bonds is 4. The van der Waals surface area contributed by atoms with Gasteiger partial charge in [-0.15, -0.1) is 12.4 Å². The zero-order valence-corrected chi connectivity index (χ0v) is 11.7. The third-order valence-corrected chi connectivity index (χ3v) is 3.24. The van der Waals surface area contributed by atoms with Gasteiger partial charge in [-0.25, -0.2) is 0 Å². The van der Waals surface area contributed by atoms with Gasteiger partial charge in [0.2, 0.25) is 0 Å². The number of amides is 1. The average Bonchev–Trinajstić information content (AvgIpc) is 2.94. The van der Waals surface area contributed by atoms with Crippen molar-refractivity contribution in [2.75, 3.05) is 13.1 Å². The van der Waals surface area contributed by atoms with E-state index in [1.54, 1.807) is 0 Å². The molecule has 102 valence electrons. The second-order valence-corrected chi connectivity index (χ2v) is 4.57. The number of halogens is 1. The van der Waals surface area contributed by atoms with Crippen LogP contribution in [0, 0.1) is 6.92 Å². The molecule has 1 unspecified atom stereocenters. The molecule has 2 N–H and O–H groups in total. The van der Waals surface area contributed by atoms with Gasteiger partial charge in [-0.1, -0.05) is 6.92 Å². The fourth-order valence-electron chi connectivity index (χ4n) is 2.22. The van der Waals surface area contributed by atoms with Gasteiger partial charge in [-0.3, -0.25) is 4.79 Å². The van der Waals surface area contributed by atoms with Crippen LogP contribution in [0.1, 0.15) is 41.6 Å². The van der Waals surface area contributed by atoms with E-state index in [1.807, 2.05) is 19.9 Å². The molecule has 1 aliphatic rings. The van der Waals surface area contributed by atoms with Gasteiger partial charge in [0, 0.05) is 19.0 Å². The number of carbonyl (C=O) groups excluding carboxylic acids is 1. The lowest BCUT2D eigenvalue weighted by molar-refractivity contribution is 0.0921. The van der Waals surface area contributed by atoms with E-state index < -0.39 is 0 Å². The summed E-state index contributed by atoms with van der Waals surface area (Å²) >= 11 is 0. The van der Waals surface area contributed by atoms with Crippen LogP contribution in [0.4, 0.5) is 0 Å². The Kier molecular flexibility index (Phi) is 5.69. The van der Waals surface area contributed by atoms with E-state index in [1.165, 1.54) is 6.42 Å². The summed E-state index contributed by atoms with van der Waals surface area (Å²) in [5.74, 6) is 1.22. The highest BCUT2D eigenvalue weighted by Crippen LogP contribution is 2.15. The van der Waals surface area contributed by atoms with Crippen LogP contribution in [0.5, 0.6) is 0 Å². The van der Waals surface area contributed by atoms with Gasteiger partial charge >= 0.3 is 0 Å². The molecule has 0 aromatic carbocycles. The van der Waals surface area contributed by atoms with Gasteiger partial charge < -0.3 is 15.1 Å². The number of hydrogen-bond acceptors (Lipinski definition) is 3. The standard InChI is InChI=1S/C13H20N2O2.ClH/c1-3-11-9(2)7-12(17-11)13(16)15-8-10-5-4-6-14-10;/h7,10,14H,3-6,8H2,1-2H3,(H,15,16);1H. The second-order valence-electron chi connectivity index (χ2n) is 4.57. The van der Waals surface area contributed by atoms with Crippen LogP contribution < -0.4 is 10.6 Å². The molecule has 0 aliphatic carbocycles. The molecule has 0 spiro atoms. The molecule has 1 aliphatic heterocycles. The van der Waals surface area contributed by atoms with Gasteiger partial charge in [0.15, 0.2) is 5.76 Å². The maximum atomic E-state index is 11.9. The Labute approximate surface area is 114 Å². The third-order valence-electron chi connectivity index (χ3n) is 3.24. The van der Waals surface area contributed by atoms with Gasteiger partial charge in [0.25, 0.3) is 5.91 Å². The Balaban J connectivity index is 0.00000162. The summed E-state index contributed by atoms with van der Waals surface area (Å²) in [6.07, 6.45) is 3.15. The van der Waals surface area contributed by atoms with E-state index in [4.69, 9.17) is 4.42 Å². The average molecular weight is 273 g/mol. The van der Waals surface area contributed by atoms with Crippen molar-refractivity contribution >= 4 is 18.3 Å². The maximum absolute atomic E-state index is 11.9. The molecule has 0 bridgehead atoms. The van der Waals surface area contributed by atoms with Crippen molar-refractivity contribution in [2.45, 2.75) is 39.2 Å². The first-order valence-corrected chi connectivity index (χ1v) is 6.31. The molecule has 2 heterocycles. The Morgan fingerprint density at radius 3 is 2.94 bits per heavy atom. The summed E-state index contributed by atoms with van der Waals surface area (Å²) in [5, 5.41) is 6.26. The monoisotopic (exact) mass is 272 g/mol. The first kappa shape index (κ1) is 15.1. The van der Waals surface area contributed by atoms with Crippen molar-refractivity contribution < 1.29 is 9.21 Å². The van der Waals surface area contributed by atoms with Gasteiger partial charge in [-0.2, -0.15) is 0 Å². The van der Waals surface area contributed by atoms with Crippen molar-refractivity contribution in [2.24, 2.45) is 0 Å². The van der Waals surface area contributed by atoms with Crippen LogP contribution in [-0.4, -0.2) is 25.0 Å². The molecule has 1 saturated heterocycles. The molecule has 0 radical (unpaired) electrons. The highest BCUT2D eigenvalue weighted by atomic mass is 35.5. The molecular formula is C13H21ClN2O2. The van der Waals surface area contributed by atoms with E-state index in [0.29, 0.717) is 18.3 Å². The van der Waals surface area contributed by atoms with Crippen molar-refractivity contribution in [3.8, 4) is 0 Å². The quantitative estimate of drug-likeness (QED) is 0.882. The van der Waals surface area contributed by atoms with Crippen molar-refractivity contribution in [1.29, 1.82) is 0 Å². The summed E-state index contributed by atoms with van der Waals surface area (Å²) in [5.41, 5.74) is 1.05. The smallest absolute Gasteiger partial charge is 0.287 e. The van der Waals surface area contributed by atoms with Crippen LogP contribution in [0.3, 0.4) is 0 Å². The normalized spacial score (nSPS) is 18.4. The van der Waals surface area contributed by atoms with Crippen LogP contribution >= 0.6 is 12.4 Å². The van der Waals surface area contributed by atoms with Crippen LogP contribution in [0.15, 0.2) is 10.5 Å². The summed E-state index contributed by atoms with van der Waals surface area (Å²) in [6, 6.07) is 2.23. The van der Waals surface area contributed by atoms with Crippen molar-refractivity contribution in [1.82, 2.24) is 10.6 Å². The zero-order valence-electron chi connectivity index (χ0n) is 10.9. The lowest BCUT2D eigenvalue weighted by Crippen LogP contribution is -2.37. The Morgan fingerprint density at radius 1 is 1.61 bits per heavy atom. The molecule has 1 amide bonds. The highest BCUT2D eigenvalue weighted by molar-refractivity contribution is 5.91. The first-order valence-electron chi connectivity index (χ1n) is 6.31. The Morgan fingerprint density at radius 2 is 2.39 bits per heavy atom. The zero-order chi connectivity index (χ0) is 12.3. The highest BCUT2D eigenvalue weighted by Gasteiger charge is 2.17. The van der Waals surface area contributed by atoms with Gasteiger partial charge in [0.05, 0.1) is 0 Å². The van der Waals surface area contributed by atoms with E-state index in [2.05, 4.69) is 10.6 Å². The lowest BCUT2D eigenvalue weighted by Gasteiger charge is -2.10. The molecule has 2 rings (SSSR count). The maximum Gasteiger partial charge on any atom is 0.287 e. The predicted molar refractivity (Wildman–Crippen MR) is 73.4 cm³/mol. The SMILES string of the molecule is CCc1oc(C(=O)NCC2CCCN2)cc1C.Cl. The summed E-state index contributed by atoms with van der Waals surface area (Å²) in [4.78, 5) is 11.9. The topological polar surface area (TPSA) is 54.3 Å². The predicted octanol–water partition coefficient (Wildman–Crippen LogP) is 2.05. The molecule has 0 saturated carbocycles. The first-order chi connectivity index (χ1) is 8.20. The largest absolute Gasteiger partial charge is 0.456 e. The number of hydrogen-bond donors (Lipinski definition) is 2.